The molecule has 0 aromatic heterocycles. The number of rotatable bonds is 1. The zero-order valence-electron chi connectivity index (χ0n) is 11.1. The molecular weight excluding hydrogens is 196 g/mol. The van der Waals surface area contributed by atoms with Crippen LogP contribution in [-0.4, -0.2) is 7.11 Å². The molecule has 1 aromatic carbocycles. The van der Waals surface area contributed by atoms with E-state index in [-0.39, 0.29) is 5.41 Å². The van der Waals surface area contributed by atoms with E-state index in [1.807, 2.05) is 0 Å². The minimum absolute atomic E-state index is 0.243. The minimum atomic E-state index is 0.243. The fourth-order valence-electron chi connectivity index (χ4n) is 2.64. The van der Waals surface area contributed by atoms with Crippen LogP contribution in [0.25, 0.3) is 0 Å². The Morgan fingerprint density at radius 1 is 1.12 bits per heavy atom. The summed E-state index contributed by atoms with van der Waals surface area (Å²) >= 11 is 0. The number of ether oxygens (including phenoxy) is 1. The van der Waals surface area contributed by atoms with Crippen molar-refractivity contribution in [3.8, 4) is 5.75 Å². The van der Waals surface area contributed by atoms with Gasteiger partial charge in [-0.15, -0.1) is 0 Å². The standard InChI is InChI=1S/C15H22O/c1-14(2)9-8-11-10-12(16-5)6-7-13(11)15(14,3)4/h6-7,10H,8-9H2,1-5H3. The van der Waals surface area contributed by atoms with Crippen molar-refractivity contribution in [2.75, 3.05) is 7.11 Å². The molecule has 0 saturated carbocycles. The van der Waals surface area contributed by atoms with Crippen LogP contribution in [0.4, 0.5) is 0 Å². The number of benzene rings is 1. The van der Waals surface area contributed by atoms with Gasteiger partial charge in [-0.05, 0) is 46.9 Å². The van der Waals surface area contributed by atoms with E-state index < -0.39 is 0 Å². The summed E-state index contributed by atoms with van der Waals surface area (Å²) in [5.41, 5.74) is 3.56. The Labute approximate surface area is 98.8 Å². The average Bonchev–Trinajstić information content (AvgIpc) is 2.24. The maximum absolute atomic E-state index is 5.30. The second kappa shape index (κ2) is 3.51. The lowest BCUT2D eigenvalue weighted by atomic mass is 9.57. The van der Waals surface area contributed by atoms with Crippen LogP contribution in [0.2, 0.25) is 0 Å². The zero-order chi connectivity index (χ0) is 12.0. The first kappa shape index (κ1) is 11.5. The van der Waals surface area contributed by atoms with E-state index in [4.69, 9.17) is 4.74 Å². The fraction of sp³-hybridized carbons (Fsp3) is 0.600. The summed E-state index contributed by atoms with van der Waals surface area (Å²) in [4.78, 5) is 0. The molecule has 0 fully saturated rings. The zero-order valence-corrected chi connectivity index (χ0v) is 11.1. The highest BCUT2D eigenvalue weighted by atomic mass is 16.5. The predicted octanol–water partition coefficient (Wildman–Crippen LogP) is 3.95. The predicted molar refractivity (Wildman–Crippen MR) is 68.1 cm³/mol. The maximum atomic E-state index is 5.30. The van der Waals surface area contributed by atoms with Crippen LogP contribution in [0.5, 0.6) is 5.75 Å². The van der Waals surface area contributed by atoms with Crippen LogP contribution in [0.3, 0.4) is 0 Å². The molecule has 1 nitrogen and oxygen atoms in total. The van der Waals surface area contributed by atoms with Gasteiger partial charge in [0.15, 0.2) is 0 Å². The Bertz CT molecular complexity index is 402. The van der Waals surface area contributed by atoms with Crippen molar-refractivity contribution < 1.29 is 4.74 Å². The third-order valence-electron chi connectivity index (χ3n) is 4.70. The summed E-state index contributed by atoms with van der Waals surface area (Å²) < 4.78 is 5.30. The van der Waals surface area contributed by atoms with Gasteiger partial charge in [0.25, 0.3) is 0 Å². The fourth-order valence-corrected chi connectivity index (χ4v) is 2.64. The summed E-state index contributed by atoms with van der Waals surface area (Å²) in [6, 6.07) is 6.53. The van der Waals surface area contributed by atoms with Gasteiger partial charge in [0.2, 0.25) is 0 Å². The molecule has 0 radical (unpaired) electrons. The number of aryl methyl sites for hydroxylation is 1. The SMILES string of the molecule is COc1ccc2c(c1)CCC(C)(C)C2(C)C. The van der Waals surface area contributed by atoms with Crippen molar-refractivity contribution in [3.05, 3.63) is 29.3 Å². The third kappa shape index (κ3) is 1.53. The van der Waals surface area contributed by atoms with Crippen molar-refractivity contribution in [1.82, 2.24) is 0 Å². The van der Waals surface area contributed by atoms with Crippen molar-refractivity contribution in [1.29, 1.82) is 0 Å². The maximum Gasteiger partial charge on any atom is 0.119 e. The largest absolute Gasteiger partial charge is 0.497 e. The molecule has 0 atom stereocenters. The number of methoxy groups -OCH3 is 1. The summed E-state index contributed by atoms with van der Waals surface area (Å²) in [7, 11) is 1.74. The van der Waals surface area contributed by atoms with Gasteiger partial charge in [-0.25, -0.2) is 0 Å². The van der Waals surface area contributed by atoms with Crippen LogP contribution < -0.4 is 4.74 Å². The van der Waals surface area contributed by atoms with E-state index in [1.54, 1.807) is 7.11 Å². The van der Waals surface area contributed by atoms with Crippen molar-refractivity contribution in [2.45, 2.75) is 46.0 Å². The van der Waals surface area contributed by atoms with E-state index >= 15 is 0 Å². The second-order valence-corrected chi connectivity index (χ2v) is 6.03. The molecule has 0 spiro atoms. The Balaban J connectivity index is 2.52. The van der Waals surface area contributed by atoms with Crippen LogP contribution in [0.1, 0.15) is 45.2 Å². The van der Waals surface area contributed by atoms with Crippen LogP contribution in [0, 0.1) is 5.41 Å². The summed E-state index contributed by atoms with van der Waals surface area (Å²) in [5.74, 6) is 0.981. The monoisotopic (exact) mass is 218 g/mol. The third-order valence-corrected chi connectivity index (χ3v) is 4.70. The normalized spacial score (nSPS) is 21.3. The van der Waals surface area contributed by atoms with Gasteiger partial charge in [-0.2, -0.15) is 0 Å². The number of hydrogen-bond acceptors (Lipinski definition) is 1. The molecule has 2 rings (SSSR count). The number of fused-ring (bicyclic) bond motifs is 1. The molecule has 0 saturated heterocycles. The highest BCUT2D eigenvalue weighted by Crippen LogP contribution is 2.49. The van der Waals surface area contributed by atoms with E-state index in [0.29, 0.717) is 5.41 Å². The molecule has 0 N–H and O–H groups in total. The molecule has 1 aliphatic carbocycles. The van der Waals surface area contributed by atoms with Gasteiger partial charge in [-0.3, -0.25) is 0 Å². The first-order valence-corrected chi connectivity index (χ1v) is 6.06. The topological polar surface area (TPSA) is 9.23 Å². The average molecular weight is 218 g/mol. The summed E-state index contributed by atoms with van der Waals surface area (Å²) in [5, 5.41) is 0. The van der Waals surface area contributed by atoms with E-state index in [0.717, 1.165) is 5.75 Å². The molecule has 0 bridgehead atoms. The lowest BCUT2D eigenvalue weighted by Gasteiger charge is -2.47. The van der Waals surface area contributed by atoms with Crippen LogP contribution in [0.15, 0.2) is 18.2 Å². The van der Waals surface area contributed by atoms with Gasteiger partial charge >= 0.3 is 0 Å². The summed E-state index contributed by atoms with van der Waals surface area (Å²) in [6.45, 7) is 9.47. The van der Waals surface area contributed by atoms with Gasteiger partial charge in [0.1, 0.15) is 5.75 Å². The molecule has 0 heterocycles. The molecule has 88 valence electrons. The van der Waals surface area contributed by atoms with Crippen molar-refractivity contribution >= 4 is 0 Å². The minimum Gasteiger partial charge on any atom is -0.497 e. The van der Waals surface area contributed by atoms with Gasteiger partial charge in [0, 0.05) is 0 Å². The summed E-state index contributed by atoms with van der Waals surface area (Å²) in [6.07, 6.45) is 2.42. The molecule has 1 heteroatoms. The first-order valence-electron chi connectivity index (χ1n) is 6.06. The van der Waals surface area contributed by atoms with Crippen molar-refractivity contribution in [2.24, 2.45) is 5.41 Å². The van der Waals surface area contributed by atoms with Gasteiger partial charge in [0.05, 0.1) is 7.11 Å². The Kier molecular flexibility index (Phi) is 2.52. The Morgan fingerprint density at radius 3 is 2.44 bits per heavy atom. The van der Waals surface area contributed by atoms with Gasteiger partial charge < -0.3 is 4.74 Å². The highest BCUT2D eigenvalue weighted by Gasteiger charge is 2.42. The molecule has 0 aliphatic heterocycles. The van der Waals surface area contributed by atoms with E-state index in [1.165, 1.54) is 24.0 Å². The lowest BCUT2D eigenvalue weighted by Crippen LogP contribution is -2.40. The van der Waals surface area contributed by atoms with Crippen LogP contribution >= 0.6 is 0 Å². The quantitative estimate of drug-likeness (QED) is 0.693. The molecular formula is C15H22O. The van der Waals surface area contributed by atoms with Crippen LogP contribution in [-0.2, 0) is 11.8 Å². The van der Waals surface area contributed by atoms with Gasteiger partial charge in [-0.1, -0.05) is 33.8 Å². The Morgan fingerprint density at radius 2 is 1.81 bits per heavy atom. The Hall–Kier alpha value is -0.980. The highest BCUT2D eigenvalue weighted by molar-refractivity contribution is 5.42. The molecule has 1 aromatic rings. The van der Waals surface area contributed by atoms with E-state index in [9.17, 15) is 0 Å². The molecule has 1 aliphatic rings. The number of hydrogen-bond donors (Lipinski definition) is 0. The first-order chi connectivity index (χ1) is 7.38. The van der Waals surface area contributed by atoms with E-state index in [2.05, 4.69) is 45.9 Å². The smallest absolute Gasteiger partial charge is 0.119 e. The lowest BCUT2D eigenvalue weighted by molar-refractivity contribution is 0.165. The molecule has 16 heavy (non-hydrogen) atoms. The molecule has 0 unspecified atom stereocenters. The second-order valence-electron chi connectivity index (χ2n) is 6.03. The van der Waals surface area contributed by atoms with Crippen molar-refractivity contribution in [3.63, 3.8) is 0 Å². The molecule has 0 amide bonds.